The Morgan fingerprint density at radius 3 is 2.38 bits per heavy atom. The number of carbonyl (C=O) groups is 1. The Kier molecular flexibility index (Phi) is 5.24. The second-order valence-electron chi connectivity index (χ2n) is 8.73. The zero-order valence-corrected chi connectivity index (χ0v) is 19.3. The molecule has 0 saturated heterocycles. The molecule has 172 valence electrons. The lowest BCUT2D eigenvalue weighted by Gasteiger charge is -2.19. The Bertz CT molecular complexity index is 1400. The lowest BCUT2D eigenvalue weighted by atomic mass is 10.0. The summed E-state index contributed by atoms with van der Waals surface area (Å²) in [5.41, 5.74) is 6.74. The maximum atomic E-state index is 13.5. The van der Waals surface area contributed by atoms with E-state index >= 15 is 0 Å². The fourth-order valence-electron chi connectivity index (χ4n) is 4.45. The van der Waals surface area contributed by atoms with Crippen molar-refractivity contribution in [2.45, 2.75) is 26.9 Å². The van der Waals surface area contributed by atoms with E-state index in [1.54, 1.807) is 16.6 Å². The van der Waals surface area contributed by atoms with Crippen molar-refractivity contribution in [2.75, 3.05) is 5.32 Å². The van der Waals surface area contributed by atoms with Gasteiger partial charge in [0.15, 0.2) is 0 Å². The predicted octanol–water partition coefficient (Wildman–Crippen LogP) is 5.01. The van der Waals surface area contributed by atoms with Gasteiger partial charge in [-0.3, -0.25) is 9.48 Å². The number of phenolic OH excluding ortho intramolecular Hbond substituents is 2. The Labute approximate surface area is 197 Å². The molecular formula is C27H26N4O3. The molecule has 0 bridgehead atoms. The number of aryl methyl sites for hydroxylation is 2. The summed E-state index contributed by atoms with van der Waals surface area (Å²) >= 11 is 0. The zero-order valence-electron chi connectivity index (χ0n) is 19.3. The number of rotatable bonds is 4. The molecule has 1 aliphatic heterocycles. The van der Waals surface area contributed by atoms with Crippen LogP contribution in [-0.4, -0.2) is 30.8 Å². The number of carbonyl (C=O) groups excluding carboxylic acids is 1. The van der Waals surface area contributed by atoms with E-state index in [0.29, 0.717) is 24.6 Å². The first-order chi connectivity index (χ1) is 16.3. The lowest BCUT2D eigenvalue weighted by molar-refractivity contribution is 0.0749. The normalized spacial score (nSPS) is 12.6. The van der Waals surface area contributed by atoms with Crippen molar-refractivity contribution in [3.8, 4) is 22.8 Å². The van der Waals surface area contributed by atoms with Crippen LogP contribution >= 0.6 is 0 Å². The molecule has 0 radical (unpaired) electrons. The number of nitrogens with zero attached hydrogens (tertiary/aromatic N) is 3. The molecule has 0 aliphatic carbocycles. The van der Waals surface area contributed by atoms with Crippen LogP contribution < -0.4 is 5.32 Å². The number of anilines is 2. The van der Waals surface area contributed by atoms with E-state index in [1.807, 2.05) is 42.5 Å². The van der Waals surface area contributed by atoms with Crippen LogP contribution in [0.5, 0.6) is 11.5 Å². The van der Waals surface area contributed by atoms with Crippen molar-refractivity contribution in [3.05, 3.63) is 88.5 Å². The van der Waals surface area contributed by atoms with Crippen molar-refractivity contribution in [2.24, 2.45) is 7.05 Å². The van der Waals surface area contributed by atoms with E-state index in [9.17, 15) is 15.0 Å². The molecular weight excluding hydrogens is 428 g/mol. The second kappa shape index (κ2) is 8.26. The minimum atomic E-state index is -0.312. The highest BCUT2D eigenvalue weighted by Crippen LogP contribution is 2.36. The third-order valence-corrected chi connectivity index (χ3v) is 6.47. The van der Waals surface area contributed by atoms with Crippen molar-refractivity contribution >= 4 is 17.4 Å². The lowest BCUT2D eigenvalue weighted by Crippen LogP contribution is -2.26. The van der Waals surface area contributed by atoms with Crippen LogP contribution in [0.4, 0.5) is 11.5 Å². The molecule has 1 aromatic heterocycles. The summed E-state index contributed by atoms with van der Waals surface area (Å²) in [6.07, 6.45) is 0. The molecule has 7 heteroatoms. The van der Waals surface area contributed by atoms with Gasteiger partial charge in [-0.05, 0) is 36.1 Å². The van der Waals surface area contributed by atoms with Gasteiger partial charge >= 0.3 is 0 Å². The Hall–Kier alpha value is -4.26. The van der Waals surface area contributed by atoms with Crippen LogP contribution in [0.25, 0.3) is 11.3 Å². The number of benzene rings is 3. The largest absolute Gasteiger partial charge is 0.508 e. The summed E-state index contributed by atoms with van der Waals surface area (Å²) in [6.45, 7) is 5.06. The molecule has 0 fully saturated rings. The highest BCUT2D eigenvalue weighted by Gasteiger charge is 2.28. The van der Waals surface area contributed by atoms with Gasteiger partial charge < -0.3 is 20.4 Å². The average molecular weight is 455 g/mol. The fraction of sp³-hybridized carbons (Fsp3) is 0.185. The van der Waals surface area contributed by atoms with E-state index in [0.717, 1.165) is 27.9 Å². The number of fused-ring (bicyclic) bond motifs is 1. The van der Waals surface area contributed by atoms with Crippen molar-refractivity contribution in [1.29, 1.82) is 0 Å². The van der Waals surface area contributed by atoms with Crippen LogP contribution in [0.15, 0.2) is 60.7 Å². The summed E-state index contributed by atoms with van der Waals surface area (Å²) in [5.74, 6) is -0.105. The number of nitrogens with one attached hydrogen (secondary N) is 1. The number of aromatic hydroxyl groups is 2. The summed E-state index contributed by atoms with van der Waals surface area (Å²) in [6, 6.07) is 18.5. The quantitative estimate of drug-likeness (QED) is 0.403. The number of amides is 1. The van der Waals surface area contributed by atoms with Crippen LogP contribution in [0, 0.1) is 13.8 Å². The predicted molar refractivity (Wildman–Crippen MR) is 131 cm³/mol. The molecule has 3 N–H and O–H groups in total. The highest BCUT2D eigenvalue weighted by atomic mass is 16.3. The molecule has 7 nitrogen and oxygen atoms in total. The average Bonchev–Trinajstić information content (AvgIpc) is 3.38. The highest BCUT2D eigenvalue weighted by molar-refractivity contribution is 6.03. The number of aromatic nitrogens is 2. The van der Waals surface area contributed by atoms with Gasteiger partial charge in [0.25, 0.3) is 5.91 Å². The van der Waals surface area contributed by atoms with Gasteiger partial charge in [-0.25, -0.2) is 0 Å². The molecule has 1 amide bonds. The maximum absolute atomic E-state index is 13.5. The van der Waals surface area contributed by atoms with Crippen molar-refractivity contribution < 1.29 is 15.0 Å². The summed E-state index contributed by atoms with van der Waals surface area (Å²) in [4.78, 5) is 15.2. The summed E-state index contributed by atoms with van der Waals surface area (Å²) < 4.78 is 1.68. The standard InChI is InChI=1S/C27H26N4O3/c1-16-7-6-10-21(17(16)2)22-13-25(30(3)29-22)28-23-11-20(32)12-24(33)26(23)27(34)31-14-18-8-4-5-9-19(18)15-31/h4-13,28,32-33H,14-15H2,1-3H3. The van der Waals surface area contributed by atoms with E-state index in [2.05, 4.69) is 30.3 Å². The Morgan fingerprint density at radius 1 is 0.971 bits per heavy atom. The molecule has 0 saturated carbocycles. The Balaban J connectivity index is 1.49. The van der Waals surface area contributed by atoms with Crippen LogP contribution in [0.3, 0.4) is 0 Å². The SMILES string of the molecule is Cc1cccc(-c2cc(Nc3cc(O)cc(O)c3C(=O)N3Cc4ccccc4C3)n(C)n2)c1C. The van der Waals surface area contributed by atoms with Gasteiger partial charge in [-0.2, -0.15) is 5.10 Å². The zero-order chi connectivity index (χ0) is 24.0. The Morgan fingerprint density at radius 2 is 1.68 bits per heavy atom. The molecule has 34 heavy (non-hydrogen) atoms. The molecule has 5 rings (SSSR count). The molecule has 2 heterocycles. The van der Waals surface area contributed by atoms with Gasteiger partial charge in [-0.1, -0.05) is 42.5 Å². The first-order valence-electron chi connectivity index (χ1n) is 11.1. The first kappa shape index (κ1) is 21.6. The number of hydrogen-bond acceptors (Lipinski definition) is 5. The fourth-order valence-corrected chi connectivity index (χ4v) is 4.45. The van der Waals surface area contributed by atoms with E-state index in [-0.39, 0.29) is 23.0 Å². The molecule has 1 aliphatic rings. The van der Waals surface area contributed by atoms with Gasteiger partial charge in [0.2, 0.25) is 0 Å². The van der Waals surface area contributed by atoms with Crippen molar-refractivity contribution in [1.82, 2.24) is 14.7 Å². The van der Waals surface area contributed by atoms with Crippen molar-refractivity contribution in [3.63, 3.8) is 0 Å². The smallest absolute Gasteiger partial charge is 0.260 e. The second-order valence-corrected chi connectivity index (χ2v) is 8.73. The molecule has 0 atom stereocenters. The van der Waals surface area contributed by atoms with E-state index < -0.39 is 0 Å². The molecule has 3 aromatic carbocycles. The minimum Gasteiger partial charge on any atom is -0.508 e. The summed E-state index contributed by atoms with van der Waals surface area (Å²) in [5, 5.41) is 28.6. The molecule has 0 spiro atoms. The first-order valence-corrected chi connectivity index (χ1v) is 11.1. The number of hydrogen-bond donors (Lipinski definition) is 3. The third kappa shape index (κ3) is 3.75. The van der Waals surface area contributed by atoms with E-state index in [1.165, 1.54) is 17.7 Å². The van der Waals surface area contributed by atoms with Gasteiger partial charge in [-0.15, -0.1) is 0 Å². The minimum absolute atomic E-state index is 0.111. The van der Waals surface area contributed by atoms with Gasteiger partial charge in [0.05, 0.1) is 11.4 Å². The summed E-state index contributed by atoms with van der Waals surface area (Å²) in [7, 11) is 1.80. The topological polar surface area (TPSA) is 90.6 Å². The van der Waals surface area contributed by atoms with Crippen LogP contribution in [-0.2, 0) is 20.1 Å². The number of phenols is 2. The third-order valence-electron chi connectivity index (χ3n) is 6.47. The van der Waals surface area contributed by atoms with Crippen LogP contribution in [0.2, 0.25) is 0 Å². The van der Waals surface area contributed by atoms with Gasteiger partial charge in [0, 0.05) is 43.9 Å². The molecule has 4 aromatic rings. The van der Waals surface area contributed by atoms with Crippen LogP contribution in [0.1, 0.15) is 32.6 Å². The maximum Gasteiger partial charge on any atom is 0.260 e. The van der Waals surface area contributed by atoms with E-state index in [4.69, 9.17) is 0 Å². The van der Waals surface area contributed by atoms with Gasteiger partial charge in [0.1, 0.15) is 22.9 Å². The molecule has 0 unspecified atom stereocenters. The monoisotopic (exact) mass is 454 g/mol.